The first kappa shape index (κ1) is 18.7. The predicted octanol–water partition coefficient (Wildman–Crippen LogP) is 3.33. The standard InChI is InChI=1S/C20H23NO4/c1-3-24-19(22)17-9-5-15(6-10-17)13-21-14-16-7-11-18(12-8-16)20(23)25-4-2/h5-12,21H,3-4,13-14H2,1-2H3. The number of carbonyl (C=O) groups excluding carboxylic acids is 2. The van der Waals surface area contributed by atoms with Crippen molar-refractivity contribution in [2.75, 3.05) is 13.2 Å². The van der Waals surface area contributed by atoms with Gasteiger partial charge in [-0.3, -0.25) is 0 Å². The lowest BCUT2D eigenvalue weighted by Gasteiger charge is -2.07. The minimum Gasteiger partial charge on any atom is -0.462 e. The van der Waals surface area contributed by atoms with E-state index in [1.54, 1.807) is 38.1 Å². The van der Waals surface area contributed by atoms with Crippen molar-refractivity contribution in [2.24, 2.45) is 0 Å². The topological polar surface area (TPSA) is 64.6 Å². The van der Waals surface area contributed by atoms with Gasteiger partial charge in [0, 0.05) is 13.1 Å². The first-order valence-corrected chi connectivity index (χ1v) is 8.37. The van der Waals surface area contributed by atoms with Crippen LogP contribution in [0.2, 0.25) is 0 Å². The van der Waals surface area contributed by atoms with Gasteiger partial charge in [-0.05, 0) is 49.2 Å². The van der Waals surface area contributed by atoms with E-state index in [9.17, 15) is 9.59 Å². The van der Waals surface area contributed by atoms with Gasteiger partial charge < -0.3 is 14.8 Å². The van der Waals surface area contributed by atoms with Gasteiger partial charge >= 0.3 is 11.9 Å². The van der Waals surface area contributed by atoms with Crippen LogP contribution in [0.4, 0.5) is 0 Å². The summed E-state index contributed by atoms with van der Waals surface area (Å²) >= 11 is 0. The van der Waals surface area contributed by atoms with Crippen LogP contribution in [0, 0.1) is 0 Å². The quantitative estimate of drug-likeness (QED) is 0.746. The highest BCUT2D eigenvalue weighted by Crippen LogP contribution is 2.08. The third kappa shape index (κ3) is 5.72. The molecular formula is C20H23NO4. The molecule has 0 spiro atoms. The molecule has 0 aromatic heterocycles. The SMILES string of the molecule is CCOC(=O)c1ccc(CNCc2ccc(C(=O)OCC)cc2)cc1. The Labute approximate surface area is 148 Å². The number of carbonyl (C=O) groups is 2. The molecule has 2 aromatic rings. The number of nitrogens with one attached hydrogen (secondary N) is 1. The molecule has 0 amide bonds. The number of esters is 2. The molecule has 0 bridgehead atoms. The molecule has 0 saturated carbocycles. The molecule has 2 rings (SSSR count). The Morgan fingerprint density at radius 2 is 1.08 bits per heavy atom. The van der Waals surface area contributed by atoms with Crippen LogP contribution in [0.5, 0.6) is 0 Å². The predicted molar refractivity (Wildman–Crippen MR) is 95.3 cm³/mol. The summed E-state index contributed by atoms with van der Waals surface area (Å²) in [5.74, 6) is -0.604. The number of benzene rings is 2. The number of ether oxygens (including phenoxy) is 2. The fourth-order valence-corrected chi connectivity index (χ4v) is 2.30. The third-order valence-corrected chi connectivity index (χ3v) is 3.59. The van der Waals surface area contributed by atoms with E-state index in [0.717, 1.165) is 11.1 Å². The van der Waals surface area contributed by atoms with Crippen molar-refractivity contribution in [1.29, 1.82) is 0 Å². The fourth-order valence-electron chi connectivity index (χ4n) is 2.30. The Kier molecular flexibility index (Phi) is 7.16. The second-order valence-electron chi connectivity index (χ2n) is 5.44. The molecule has 132 valence electrons. The summed E-state index contributed by atoms with van der Waals surface area (Å²) in [7, 11) is 0. The van der Waals surface area contributed by atoms with E-state index in [1.165, 1.54) is 0 Å². The molecule has 0 aliphatic rings. The van der Waals surface area contributed by atoms with Gasteiger partial charge in [-0.1, -0.05) is 24.3 Å². The highest BCUT2D eigenvalue weighted by Gasteiger charge is 2.06. The van der Waals surface area contributed by atoms with E-state index in [2.05, 4.69) is 5.32 Å². The van der Waals surface area contributed by atoms with E-state index in [0.29, 0.717) is 37.4 Å². The Morgan fingerprint density at radius 1 is 0.720 bits per heavy atom. The summed E-state index contributed by atoms with van der Waals surface area (Å²) in [6, 6.07) is 14.7. The molecule has 0 saturated heterocycles. The summed E-state index contributed by atoms with van der Waals surface area (Å²) < 4.78 is 9.92. The van der Waals surface area contributed by atoms with Crippen molar-refractivity contribution in [1.82, 2.24) is 5.32 Å². The summed E-state index contributed by atoms with van der Waals surface area (Å²) in [4.78, 5) is 23.2. The molecule has 0 fully saturated rings. The second-order valence-corrected chi connectivity index (χ2v) is 5.44. The number of hydrogen-bond acceptors (Lipinski definition) is 5. The van der Waals surface area contributed by atoms with Crippen molar-refractivity contribution in [3.63, 3.8) is 0 Å². The van der Waals surface area contributed by atoms with Crippen LogP contribution in [-0.4, -0.2) is 25.2 Å². The van der Waals surface area contributed by atoms with Crippen molar-refractivity contribution < 1.29 is 19.1 Å². The lowest BCUT2D eigenvalue weighted by Crippen LogP contribution is -2.13. The van der Waals surface area contributed by atoms with E-state index in [4.69, 9.17) is 9.47 Å². The average Bonchev–Trinajstić information content (AvgIpc) is 2.63. The molecule has 0 heterocycles. The van der Waals surface area contributed by atoms with Crippen LogP contribution in [-0.2, 0) is 22.6 Å². The minimum absolute atomic E-state index is 0.302. The van der Waals surface area contributed by atoms with Crippen LogP contribution in [0.1, 0.15) is 45.7 Å². The van der Waals surface area contributed by atoms with Crippen LogP contribution in [0.3, 0.4) is 0 Å². The highest BCUT2D eigenvalue weighted by atomic mass is 16.5. The maximum Gasteiger partial charge on any atom is 0.338 e. The van der Waals surface area contributed by atoms with Gasteiger partial charge in [-0.15, -0.1) is 0 Å². The molecule has 1 N–H and O–H groups in total. The monoisotopic (exact) mass is 341 g/mol. The normalized spacial score (nSPS) is 10.3. The summed E-state index contributed by atoms with van der Waals surface area (Å²) in [5, 5.41) is 3.33. The fraction of sp³-hybridized carbons (Fsp3) is 0.300. The lowest BCUT2D eigenvalue weighted by atomic mass is 10.1. The van der Waals surface area contributed by atoms with Crippen molar-refractivity contribution in [2.45, 2.75) is 26.9 Å². The first-order valence-electron chi connectivity index (χ1n) is 8.37. The number of hydrogen-bond donors (Lipinski definition) is 1. The van der Waals surface area contributed by atoms with Crippen LogP contribution >= 0.6 is 0 Å². The van der Waals surface area contributed by atoms with Gasteiger partial charge in [0.05, 0.1) is 24.3 Å². The Bertz CT molecular complexity index is 631. The maximum absolute atomic E-state index is 11.6. The van der Waals surface area contributed by atoms with Gasteiger partial charge in [0.1, 0.15) is 0 Å². The molecular weight excluding hydrogens is 318 g/mol. The summed E-state index contributed by atoms with van der Waals surface area (Å²) in [6.45, 7) is 5.69. The molecule has 0 radical (unpaired) electrons. The maximum atomic E-state index is 11.6. The lowest BCUT2D eigenvalue weighted by molar-refractivity contribution is 0.0516. The van der Waals surface area contributed by atoms with E-state index in [-0.39, 0.29) is 11.9 Å². The molecule has 5 nitrogen and oxygen atoms in total. The van der Waals surface area contributed by atoms with Gasteiger partial charge in [-0.2, -0.15) is 0 Å². The van der Waals surface area contributed by atoms with Crippen molar-refractivity contribution >= 4 is 11.9 Å². The smallest absolute Gasteiger partial charge is 0.338 e. The van der Waals surface area contributed by atoms with E-state index >= 15 is 0 Å². The highest BCUT2D eigenvalue weighted by molar-refractivity contribution is 5.89. The Hall–Kier alpha value is -2.66. The average molecular weight is 341 g/mol. The molecule has 2 aromatic carbocycles. The molecule has 0 aliphatic heterocycles. The van der Waals surface area contributed by atoms with E-state index < -0.39 is 0 Å². The Morgan fingerprint density at radius 3 is 1.40 bits per heavy atom. The van der Waals surface area contributed by atoms with Gasteiger partial charge in [0.2, 0.25) is 0 Å². The summed E-state index contributed by atoms with van der Waals surface area (Å²) in [6.07, 6.45) is 0. The molecule has 25 heavy (non-hydrogen) atoms. The largest absolute Gasteiger partial charge is 0.462 e. The zero-order valence-electron chi connectivity index (χ0n) is 14.6. The van der Waals surface area contributed by atoms with Crippen LogP contribution in [0.25, 0.3) is 0 Å². The second kappa shape index (κ2) is 9.59. The van der Waals surface area contributed by atoms with Gasteiger partial charge in [0.15, 0.2) is 0 Å². The van der Waals surface area contributed by atoms with Crippen LogP contribution in [0.15, 0.2) is 48.5 Å². The minimum atomic E-state index is -0.302. The van der Waals surface area contributed by atoms with E-state index in [1.807, 2.05) is 24.3 Å². The zero-order chi connectivity index (χ0) is 18.1. The van der Waals surface area contributed by atoms with Crippen LogP contribution < -0.4 is 5.32 Å². The van der Waals surface area contributed by atoms with Crippen molar-refractivity contribution in [3.8, 4) is 0 Å². The number of rotatable bonds is 8. The zero-order valence-corrected chi connectivity index (χ0v) is 14.6. The van der Waals surface area contributed by atoms with Gasteiger partial charge in [0.25, 0.3) is 0 Å². The molecule has 5 heteroatoms. The summed E-state index contributed by atoms with van der Waals surface area (Å²) in [5.41, 5.74) is 3.27. The van der Waals surface area contributed by atoms with Crippen molar-refractivity contribution in [3.05, 3.63) is 70.8 Å². The first-order chi connectivity index (χ1) is 12.1. The third-order valence-electron chi connectivity index (χ3n) is 3.59. The molecule has 0 unspecified atom stereocenters. The molecule has 0 aliphatic carbocycles. The molecule has 0 atom stereocenters. The Balaban J connectivity index is 1.82. The van der Waals surface area contributed by atoms with Gasteiger partial charge in [-0.25, -0.2) is 9.59 Å².